The summed E-state index contributed by atoms with van der Waals surface area (Å²) < 4.78 is 0. The lowest BCUT2D eigenvalue weighted by Crippen LogP contribution is -2.52. The van der Waals surface area contributed by atoms with E-state index >= 15 is 0 Å². The number of carbonyl (C=O) groups is 2. The van der Waals surface area contributed by atoms with Crippen molar-refractivity contribution in [3.05, 3.63) is 64.1 Å². The second kappa shape index (κ2) is 9.27. The van der Waals surface area contributed by atoms with Crippen LogP contribution in [0, 0.1) is 5.92 Å². The third-order valence-corrected chi connectivity index (χ3v) is 6.44. The second-order valence-corrected chi connectivity index (χ2v) is 8.74. The van der Waals surface area contributed by atoms with Crippen LogP contribution in [-0.2, 0) is 4.79 Å². The molecule has 2 heterocycles. The number of piperazine rings is 1. The van der Waals surface area contributed by atoms with Gasteiger partial charge in [0.25, 0.3) is 5.91 Å². The van der Waals surface area contributed by atoms with E-state index in [1.165, 1.54) is 0 Å². The van der Waals surface area contributed by atoms with Crippen molar-refractivity contribution in [2.75, 3.05) is 44.2 Å². The number of carbonyl (C=O) groups excluding carboxylic acids is 2. The SMILES string of the molecule is O=C(c1cccc(Cl)c1)N1CCC(C(=O)N2CCN(c3cccc(Cl)c3)CC2)CC1. The molecule has 2 saturated heterocycles. The molecular formula is C23H25Cl2N3O2. The van der Waals surface area contributed by atoms with Gasteiger partial charge in [0, 0.05) is 66.5 Å². The predicted octanol–water partition coefficient (Wildman–Crippen LogP) is 4.19. The van der Waals surface area contributed by atoms with E-state index in [-0.39, 0.29) is 17.7 Å². The van der Waals surface area contributed by atoms with E-state index in [9.17, 15) is 9.59 Å². The topological polar surface area (TPSA) is 43.9 Å². The van der Waals surface area contributed by atoms with Crippen LogP contribution in [0.25, 0.3) is 0 Å². The zero-order valence-corrected chi connectivity index (χ0v) is 18.3. The first-order valence-corrected chi connectivity index (χ1v) is 11.1. The van der Waals surface area contributed by atoms with Crippen molar-refractivity contribution < 1.29 is 9.59 Å². The Balaban J connectivity index is 1.28. The third kappa shape index (κ3) is 4.73. The lowest BCUT2D eigenvalue weighted by molar-refractivity contribution is -0.137. The fraction of sp³-hybridized carbons (Fsp3) is 0.391. The van der Waals surface area contributed by atoms with Gasteiger partial charge in [-0.05, 0) is 49.2 Å². The Morgan fingerprint density at radius 3 is 2.03 bits per heavy atom. The minimum absolute atomic E-state index is 0.00821. The zero-order chi connectivity index (χ0) is 21.1. The summed E-state index contributed by atoms with van der Waals surface area (Å²) in [5.74, 6) is 0.195. The van der Waals surface area contributed by atoms with Gasteiger partial charge in [-0.3, -0.25) is 9.59 Å². The summed E-state index contributed by atoms with van der Waals surface area (Å²) in [5, 5.41) is 1.29. The van der Waals surface area contributed by atoms with E-state index in [1.807, 2.05) is 28.0 Å². The van der Waals surface area contributed by atoms with Gasteiger partial charge in [-0.1, -0.05) is 35.3 Å². The van der Waals surface area contributed by atoms with Gasteiger partial charge in [-0.2, -0.15) is 0 Å². The van der Waals surface area contributed by atoms with Gasteiger partial charge in [0.15, 0.2) is 0 Å². The van der Waals surface area contributed by atoms with Crippen molar-refractivity contribution in [2.45, 2.75) is 12.8 Å². The van der Waals surface area contributed by atoms with Crippen LogP contribution in [0.2, 0.25) is 10.0 Å². The predicted molar refractivity (Wildman–Crippen MR) is 120 cm³/mol. The van der Waals surface area contributed by atoms with Crippen LogP contribution in [-0.4, -0.2) is 60.9 Å². The second-order valence-electron chi connectivity index (χ2n) is 7.87. The molecule has 2 fully saturated rings. The molecule has 7 heteroatoms. The number of hydrogen-bond donors (Lipinski definition) is 0. The number of anilines is 1. The minimum Gasteiger partial charge on any atom is -0.368 e. The van der Waals surface area contributed by atoms with Gasteiger partial charge >= 0.3 is 0 Å². The molecule has 0 saturated carbocycles. The molecule has 0 radical (unpaired) electrons. The number of benzene rings is 2. The summed E-state index contributed by atoms with van der Waals surface area (Å²) >= 11 is 12.1. The average Bonchev–Trinajstić information content (AvgIpc) is 2.78. The Hall–Kier alpha value is -2.24. The molecule has 2 amide bonds. The number of hydrogen-bond acceptors (Lipinski definition) is 3. The van der Waals surface area contributed by atoms with Crippen molar-refractivity contribution in [1.29, 1.82) is 0 Å². The lowest BCUT2D eigenvalue weighted by Gasteiger charge is -2.39. The smallest absolute Gasteiger partial charge is 0.253 e. The molecule has 0 aliphatic carbocycles. The van der Waals surface area contributed by atoms with Crippen LogP contribution in [0.5, 0.6) is 0 Å². The maximum absolute atomic E-state index is 13.0. The molecule has 0 spiro atoms. The average molecular weight is 446 g/mol. The maximum Gasteiger partial charge on any atom is 0.253 e. The largest absolute Gasteiger partial charge is 0.368 e. The fourth-order valence-corrected chi connectivity index (χ4v) is 4.62. The molecule has 158 valence electrons. The highest BCUT2D eigenvalue weighted by molar-refractivity contribution is 6.31. The molecule has 2 aromatic carbocycles. The van der Waals surface area contributed by atoms with Crippen molar-refractivity contribution in [3.8, 4) is 0 Å². The van der Waals surface area contributed by atoms with E-state index in [4.69, 9.17) is 23.2 Å². The Labute approximate surface area is 187 Å². The zero-order valence-electron chi connectivity index (χ0n) is 16.8. The van der Waals surface area contributed by atoms with E-state index < -0.39 is 0 Å². The molecule has 0 unspecified atom stereocenters. The Kier molecular flexibility index (Phi) is 6.49. The summed E-state index contributed by atoms with van der Waals surface area (Å²) in [6, 6.07) is 14.9. The molecule has 2 aliphatic heterocycles. The van der Waals surface area contributed by atoms with E-state index in [1.54, 1.807) is 24.3 Å². The maximum atomic E-state index is 13.0. The molecule has 2 aromatic rings. The number of halogens is 2. The van der Waals surface area contributed by atoms with Crippen LogP contribution in [0.15, 0.2) is 48.5 Å². The Morgan fingerprint density at radius 2 is 1.40 bits per heavy atom. The van der Waals surface area contributed by atoms with Gasteiger partial charge in [-0.25, -0.2) is 0 Å². The molecule has 0 N–H and O–H groups in total. The number of nitrogens with zero attached hydrogens (tertiary/aromatic N) is 3. The van der Waals surface area contributed by atoms with Gasteiger partial charge in [-0.15, -0.1) is 0 Å². The number of rotatable bonds is 3. The highest BCUT2D eigenvalue weighted by atomic mass is 35.5. The Bertz CT molecular complexity index is 920. The first-order valence-electron chi connectivity index (χ1n) is 10.4. The molecule has 4 rings (SSSR count). The summed E-state index contributed by atoms with van der Waals surface area (Å²) in [6.45, 7) is 4.24. The highest BCUT2D eigenvalue weighted by Gasteiger charge is 2.32. The number of piperidine rings is 1. The first-order chi connectivity index (χ1) is 14.5. The molecule has 5 nitrogen and oxygen atoms in total. The van der Waals surface area contributed by atoms with Crippen molar-refractivity contribution in [1.82, 2.24) is 9.80 Å². The van der Waals surface area contributed by atoms with E-state index in [2.05, 4.69) is 11.0 Å². The molecule has 0 atom stereocenters. The van der Waals surface area contributed by atoms with Crippen molar-refractivity contribution in [2.24, 2.45) is 5.92 Å². The normalized spacial score (nSPS) is 17.9. The van der Waals surface area contributed by atoms with Crippen molar-refractivity contribution >= 4 is 40.7 Å². The number of amides is 2. The standard InChI is InChI=1S/C23H25Cl2N3O2/c24-19-4-1-3-18(15-19)23(30)27-9-7-17(8-10-27)22(29)28-13-11-26(12-14-28)21-6-2-5-20(25)16-21/h1-6,15-17H,7-14H2. The van der Waals surface area contributed by atoms with Gasteiger partial charge in [0.2, 0.25) is 5.91 Å². The fourth-order valence-electron chi connectivity index (χ4n) is 4.25. The summed E-state index contributed by atoms with van der Waals surface area (Å²) in [6.07, 6.45) is 1.42. The first kappa shape index (κ1) is 21.0. The van der Waals surface area contributed by atoms with Crippen molar-refractivity contribution in [3.63, 3.8) is 0 Å². The third-order valence-electron chi connectivity index (χ3n) is 5.97. The van der Waals surface area contributed by atoms with Crippen LogP contribution >= 0.6 is 23.2 Å². The van der Waals surface area contributed by atoms with Gasteiger partial charge in [0.05, 0.1) is 0 Å². The molecular weight excluding hydrogens is 421 g/mol. The summed E-state index contributed by atoms with van der Waals surface area (Å²) in [4.78, 5) is 31.8. The van der Waals surface area contributed by atoms with Crippen LogP contribution in [0.4, 0.5) is 5.69 Å². The van der Waals surface area contributed by atoms with Crippen LogP contribution in [0.3, 0.4) is 0 Å². The van der Waals surface area contributed by atoms with Crippen LogP contribution < -0.4 is 4.90 Å². The summed E-state index contributed by atoms with van der Waals surface area (Å²) in [5.41, 5.74) is 1.70. The molecule has 30 heavy (non-hydrogen) atoms. The van der Waals surface area contributed by atoms with Crippen LogP contribution in [0.1, 0.15) is 23.2 Å². The monoisotopic (exact) mass is 445 g/mol. The minimum atomic E-state index is -0.0152. The molecule has 0 aromatic heterocycles. The van der Waals surface area contributed by atoms with Gasteiger partial charge < -0.3 is 14.7 Å². The quantitative estimate of drug-likeness (QED) is 0.710. The van der Waals surface area contributed by atoms with E-state index in [0.29, 0.717) is 49.6 Å². The molecule has 2 aliphatic rings. The van der Waals surface area contributed by atoms with E-state index in [0.717, 1.165) is 23.8 Å². The van der Waals surface area contributed by atoms with Gasteiger partial charge in [0.1, 0.15) is 0 Å². The summed E-state index contributed by atoms with van der Waals surface area (Å²) in [7, 11) is 0. The number of likely N-dealkylation sites (tertiary alicyclic amines) is 1. The molecule has 0 bridgehead atoms. The highest BCUT2D eigenvalue weighted by Crippen LogP contribution is 2.25. The lowest BCUT2D eigenvalue weighted by atomic mass is 9.94. The Morgan fingerprint density at radius 1 is 0.767 bits per heavy atom.